The molecule has 1 N–H and O–H groups in total. The van der Waals surface area contributed by atoms with Crippen LogP contribution >= 0.6 is 0 Å². The number of fused-ring (bicyclic) bond motifs is 1. The minimum Gasteiger partial charge on any atom is -0.462 e. The number of esters is 1. The van der Waals surface area contributed by atoms with E-state index in [1.807, 2.05) is 27.7 Å². The summed E-state index contributed by atoms with van der Waals surface area (Å²) >= 11 is 0. The number of nitrogens with one attached hydrogen (secondary N) is 1. The highest BCUT2D eigenvalue weighted by Gasteiger charge is 2.39. The number of aromatic amines is 1. The van der Waals surface area contributed by atoms with Crippen LogP contribution in [0, 0.1) is 12.7 Å². The maximum atomic E-state index is 14.1. The van der Waals surface area contributed by atoms with Crippen molar-refractivity contribution in [3.05, 3.63) is 58.3 Å². The third-order valence-corrected chi connectivity index (χ3v) is 5.31. The smallest absolute Gasteiger partial charge is 0.341 e. The van der Waals surface area contributed by atoms with Gasteiger partial charge in [0.05, 0.1) is 18.0 Å². The summed E-state index contributed by atoms with van der Waals surface area (Å²) in [5.41, 5.74) is 2.72. The summed E-state index contributed by atoms with van der Waals surface area (Å²) in [6, 6.07) is 4.40. The van der Waals surface area contributed by atoms with Gasteiger partial charge < -0.3 is 9.64 Å². The minimum atomic E-state index is -0.539. The quantitative estimate of drug-likeness (QED) is 0.758. The molecule has 2 aromatic rings. The Morgan fingerprint density at radius 3 is 2.63 bits per heavy atom. The highest BCUT2D eigenvalue weighted by molar-refractivity contribution is 6.17. The first kappa shape index (κ1) is 21.7. The molecule has 6 nitrogen and oxygen atoms in total. The largest absolute Gasteiger partial charge is 0.462 e. The molecule has 0 atom stereocenters. The number of ether oxygens (including phenoxy) is 1. The minimum absolute atomic E-state index is 0.126. The monoisotopic (exact) mass is 413 g/mol. The molecule has 2 heterocycles. The fourth-order valence-corrected chi connectivity index (χ4v) is 3.81. The molecule has 0 radical (unpaired) electrons. The zero-order valence-corrected chi connectivity index (χ0v) is 18.3. The van der Waals surface area contributed by atoms with Crippen molar-refractivity contribution in [2.75, 3.05) is 13.2 Å². The lowest BCUT2D eigenvalue weighted by Crippen LogP contribution is -2.37. The van der Waals surface area contributed by atoms with Crippen molar-refractivity contribution in [2.45, 2.75) is 52.9 Å². The van der Waals surface area contributed by atoms with Gasteiger partial charge in [-0.3, -0.25) is 9.89 Å². The summed E-state index contributed by atoms with van der Waals surface area (Å²) in [7, 11) is 0. The van der Waals surface area contributed by atoms with Crippen LogP contribution in [-0.2, 0) is 14.9 Å². The van der Waals surface area contributed by atoms with Crippen molar-refractivity contribution in [2.24, 2.45) is 0 Å². The van der Waals surface area contributed by atoms with E-state index < -0.39 is 17.2 Å². The van der Waals surface area contributed by atoms with E-state index in [1.54, 1.807) is 26.0 Å². The van der Waals surface area contributed by atoms with Gasteiger partial charge >= 0.3 is 5.97 Å². The van der Waals surface area contributed by atoms with Crippen LogP contribution < -0.4 is 0 Å². The summed E-state index contributed by atoms with van der Waals surface area (Å²) in [5.74, 6) is -1.24. The zero-order valence-electron chi connectivity index (χ0n) is 18.3. The molecule has 0 bridgehead atoms. The average Bonchev–Trinajstić information content (AvgIpc) is 3.08. The first-order chi connectivity index (χ1) is 14.1. The number of carbonyl (C=O) groups excluding carboxylic acids is 2. The number of carbonyl (C=O) groups is 2. The van der Waals surface area contributed by atoms with E-state index in [9.17, 15) is 14.0 Å². The SMILES string of the molecule is CCOC(=O)C1=CN(C(=O)c2ccc(C)c(F)c2)CC(C)(C)c2c(C(C)C)n[nH]c21. The lowest BCUT2D eigenvalue weighted by molar-refractivity contribution is -0.136. The molecule has 0 unspecified atom stereocenters. The number of nitrogens with zero attached hydrogens (tertiary/aromatic N) is 2. The Hall–Kier alpha value is -2.96. The van der Waals surface area contributed by atoms with E-state index in [4.69, 9.17) is 4.74 Å². The Morgan fingerprint density at radius 1 is 1.33 bits per heavy atom. The lowest BCUT2D eigenvalue weighted by Gasteiger charge is -2.30. The summed E-state index contributed by atoms with van der Waals surface area (Å²) in [4.78, 5) is 27.5. The van der Waals surface area contributed by atoms with Crippen LogP contribution in [0.15, 0.2) is 24.4 Å². The van der Waals surface area contributed by atoms with Crippen molar-refractivity contribution in [1.82, 2.24) is 15.1 Å². The van der Waals surface area contributed by atoms with Crippen molar-refractivity contribution in [1.29, 1.82) is 0 Å². The molecule has 1 aromatic carbocycles. The Kier molecular flexibility index (Phi) is 5.83. The van der Waals surface area contributed by atoms with Gasteiger partial charge in [-0.15, -0.1) is 0 Å². The number of aryl methyl sites for hydroxylation is 1. The van der Waals surface area contributed by atoms with Gasteiger partial charge in [0.2, 0.25) is 0 Å². The Morgan fingerprint density at radius 2 is 2.03 bits per heavy atom. The lowest BCUT2D eigenvalue weighted by atomic mass is 9.80. The van der Waals surface area contributed by atoms with Gasteiger partial charge in [0.15, 0.2) is 0 Å². The van der Waals surface area contributed by atoms with E-state index >= 15 is 0 Å². The van der Waals surface area contributed by atoms with Crippen molar-refractivity contribution in [3.8, 4) is 0 Å². The van der Waals surface area contributed by atoms with Gasteiger partial charge in [0.25, 0.3) is 5.91 Å². The average molecular weight is 413 g/mol. The number of aromatic nitrogens is 2. The predicted octanol–water partition coefficient (Wildman–Crippen LogP) is 4.32. The highest BCUT2D eigenvalue weighted by atomic mass is 19.1. The molecule has 0 saturated heterocycles. The second kappa shape index (κ2) is 8.05. The molecule has 0 saturated carbocycles. The predicted molar refractivity (Wildman–Crippen MR) is 112 cm³/mol. The fraction of sp³-hybridized carbons (Fsp3) is 0.435. The van der Waals surface area contributed by atoms with E-state index in [-0.39, 0.29) is 29.6 Å². The van der Waals surface area contributed by atoms with Crippen LogP contribution in [0.5, 0.6) is 0 Å². The van der Waals surface area contributed by atoms with Crippen LogP contribution in [-0.4, -0.2) is 40.1 Å². The molecule has 0 spiro atoms. The van der Waals surface area contributed by atoms with Crippen LogP contribution in [0.2, 0.25) is 0 Å². The summed E-state index contributed by atoms with van der Waals surface area (Å²) < 4.78 is 19.3. The fourth-order valence-electron chi connectivity index (χ4n) is 3.81. The molecule has 1 aliphatic heterocycles. The van der Waals surface area contributed by atoms with E-state index in [0.29, 0.717) is 17.8 Å². The second-order valence-corrected chi connectivity index (χ2v) is 8.56. The number of amides is 1. The van der Waals surface area contributed by atoms with Gasteiger partial charge in [0, 0.05) is 29.3 Å². The molecule has 0 fully saturated rings. The number of rotatable bonds is 4. The number of H-pyrrole nitrogens is 1. The molecule has 1 aromatic heterocycles. The molecule has 160 valence electrons. The molecule has 1 aliphatic rings. The third-order valence-electron chi connectivity index (χ3n) is 5.31. The summed E-state index contributed by atoms with van der Waals surface area (Å²) in [6.07, 6.45) is 1.49. The molecule has 3 rings (SSSR count). The van der Waals surface area contributed by atoms with E-state index in [0.717, 1.165) is 11.3 Å². The standard InChI is InChI=1S/C23H28FN3O3/c1-7-30-22(29)16-11-27(21(28)15-9-8-14(4)17(24)10-15)12-23(5,6)18-19(13(2)3)25-26-20(16)18/h8-11,13H,7,12H2,1-6H3,(H,25,26). The Balaban J connectivity index is 2.15. The number of hydrogen-bond acceptors (Lipinski definition) is 4. The summed E-state index contributed by atoms with van der Waals surface area (Å²) in [6.45, 7) is 11.9. The van der Waals surface area contributed by atoms with Crippen molar-refractivity contribution >= 4 is 17.4 Å². The molecule has 0 aliphatic carbocycles. The van der Waals surface area contributed by atoms with Gasteiger partial charge in [0.1, 0.15) is 11.4 Å². The van der Waals surface area contributed by atoms with Gasteiger partial charge in [-0.1, -0.05) is 33.8 Å². The molecular formula is C23H28FN3O3. The topological polar surface area (TPSA) is 75.3 Å². The molecule has 30 heavy (non-hydrogen) atoms. The molecule has 7 heteroatoms. The first-order valence-corrected chi connectivity index (χ1v) is 10.1. The Bertz CT molecular complexity index is 1020. The number of benzene rings is 1. The van der Waals surface area contributed by atoms with Crippen LogP contribution in [0.1, 0.15) is 73.4 Å². The van der Waals surface area contributed by atoms with E-state index in [1.165, 1.54) is 17.2 Å². The highest BCUT2D eigenvalue weighted by Crippen LogP contribution is 2.39. The normalized spacial score (nSPS) is 15.5. The van der Waals surface area contributed by atoms with Gasteiger partial charge in [-0.2, -0.15) is 5.10 Å². The molecule has 1 amide bonds. The van der Waals surface area contributed by atoms with Crippen LogP contribution in [0.25, 0.3) is 5.57 Å². The third kappa shape index (κ3) is 3.88. The van der Waals surface area contributed by atoms with E-state index in [2.05, 4.69) is 10.2 Å². The van der Waals surface area contributed by atoms with Crippen molar-refractivity contribution < 1.29 is 18.7 Å². The number of hydrogen-bond donors (Lipinski definition) is 1. The maximum absolute atomic E-state index is 14.1. The van der Waals surface area contributed by atoms with Crippen LogP contribution in [0.4, 0.5) is 4.39 Å². The van der Waals surface area contributed by atoms with Crippen molar-refractivity contribution in [3.63, 3.8) is 0 Å². The Labute approximate surface area is 176 Å². The summed E-state index contributed by atoms with van der Waals surface area (Å²) in [5, 5.41) is 7.44. The zero-order chi connectivity index (χ0) is 22.2. The van der Waals surface area contributed by atoms with Gasteiger partial charge in [-0.25, -0.2) is 9.18 Å². The first-order valence-electron chi connectivity index (χ1n) is 10.1. The van der Waals surface area contributed by atoms with Crippen LogP contribution in [0.3, 0.4) is 0 Å². The molecular weight excluding hydrogens is 385 g/mol. The van der Waals surface area contributed by atoms with Gasteiger partial charge in [-0.05, 0) is 37.5 Å². The maximum Gasteiger partial charge on any atom is 0.341 e. The second-order valence-electron chi connectivity index (χ2n) is 8.56. The number of halogens is 1.